The highest BCUT2D eigenvalue weighted by Gasteiger charge is 2.37. The maximum Gasteiger partial charge on any atom is 0.337 e. The minimum atomic E-state index is -1.16. The van der Waals surface area contributed by atoms with Crippen molar-refractivity contribution < 1.29 is 23.8 Å². The number of aromatic nitrogens is 1. The van der Waals surface area contributed by atoms with Crippen LogP contribution in [0.4, 0.5) is 10.1 Å². The highest BCUT2D eigenvalue weighted by Crippen LogP contribution is 2.46. The number of pyridine rings is 1. The Morgan fingerprint density at radius 1 is 0.980 bits per heavy atom. The van der Waals surface area contributed by atoms with E-state index in [-0.39, 0.29) is 11.2 Å². The van der Waals surface area contributed by atoms with E-state index in [9.17, 15) is 14.3 Å². The van der Waals surface area contributed by atoms with Crippen molar-refractivity contribution >= 4 is 11.7 Å². The Balaban J connectivity index is 1.46. The number of carbonyl (C=O) groups is 1. The average Bonchev–Trinajstić information content (AvgIpc) is 3.05. The lowest BCUT2D eigenvalue weighted by atomic mass is 9.81. The first-order valence-corrected chi connectivity index (χ1v) is 18.3. The molecule has 6 rings (SSSR count). The molecule has 270 valence electrons. The number of hydrogen-bond acceptors (Lipinski definition) is 7. The number of ether oxygens (including phenoxy) is 2. The number of benzene rings is 2. The van der Waals surface area contributed by atoms with Crippen molar-refractivity contribution in [1.29, 1.82) is 0 Å². The van der Waals surface area contributed by atoms with Gasteiger partial charge in [-0.1, -0.05) is 38.1 Å². The number of rotatable bonds is 9. The van der Waals surface area contributed by atoms with Gasteiger partial charge in [-0.25, -0.2) is 9.18 Å². The molecule has 3 aromatic rings. The van der Waals surface area contributed by atoms with Crippen molar-refractivity contribution in [2.45, 2.75) is 99.1 Å². The van der Waals surface area contributed by atoms with Gasteiger partial charge in [0.2, 0.25) is 0 Å². The highest BCUT2D eigenvalue weighted by atomic mass is 19.1. The van der Waals surface area contributed by atoms with Crippen LogP contribution in [0.25, 0.3) is 11.1 Å². The molecule has 1 N–H and O–H groups in total. The summed E-state index contributed by atoms with van der Waals surface area (Å²) in [6.45, 7) is 22.1. The molecule has 0 amide bonds. The fraction of sp³-hybridized carbons (Fsp3) is 0.561. The van der Waals surface area contributed by atoms with E-state index in [1.165, 1.54) is 11.1 Å². The number of hydrogen-bond donors (Lipinski definition) is 1. The van der Waals surface area contributed by atoms with E-state index >= 15 is 0 Å². The summed E-state index contributed by atoms with van der Waals surface area (Å²) >= 11 is 0. The van der Waals surface area contributed by atoms with Crippen LogP contribution < -0.4 is 4.90 Å². The van der Waals surface area contributed by atoms with Crippen LogP contribution in [0, 0.1) is 25.1 Å². The van der Waals surface area contributed by atoms with Crippen LogP contribution in [0.15, 0.2) is 36.4 Å². The summed E-state index contributed by atoms with van der Waals surface area (Å²) in [7, 11) is 0. The fourth-order valence-electron chi connectivity index (χ4n) is 7.69. The van der Waals surface area contributed by atoms with Gasteiger partial charge in [-0.15, -0.1) is 0 Å². The van der Waals surface area contributed by atoms with Crippen LogP contribution in [0.2, 0.25) is 0 Å². The molecule has 1 atom stereocenters. The molecule has 2 aromatic carbocycles. The summed E-state index contributed by atoms with van der Waals surface area (Å²) in [5, 5.41) is 10.7. The highest BCUT2D eigenvalue weighted by molar-refractivity contribution is 5.88. The maximum atomic E-state index is 13.8. The van der Waals surface area contributed by atoms with Gasteiger partial charge in [0.15, 0.2) is 6.10 Å². The van der Waals surface area contributed by atoms with Crippen LogP contribution >= 0.6 is 0 Å². The lowest BCUT2D eigenvalue weighted by molar-refractivity contribution is -0.160. The number of morpholine rings is 1. The van der Waals surface area contributed by atoms with Gasteiger partial charge in [-0.3, -0.25) is 14.8 Å². The lowest BCUT2D eigenvalue weighted by Gasteiger charge is -2.41. The second-order valence-corrected chi connectivity index (χ2v) is 16.3. The van der Waals surface area contributed by atoms with Crippen LogP contribution in [0.3, 0.4) is 0 Å². The third-order valence-corrected chi connectivity index (χ3v) is 10.6. The number of halogens is 1. The van der Waals surface area contributed by atoms with Crippen molar-refractivity contribution in [3.05, 3.63) is 81.4 Å². The molecule has 0 bridgehead atoms. The summed E-state index contributed by atoms with van der Waals surface area (Å²) in [6.07, 6.45) is 1.76. The summed E-state index contributed by atoms with van der Waals surface area (Å²) < 4.78 is 25.8. The van der Waals surface area contributed by atoms with Crippen molar-refractivity contribution in [2.75, 3.05) is 50.8 Å². The predicted molar refractivity (Wildman–Crippen MR) is 196 cm³/mol. The third-order valence-electron chi connectivity index (χ3n) is 10.6. The molecular weight excluding hydrogens is 631 g/mol. The largest absolute Gasteiger partial charge is 0.479 e. The van der Waals surface area contributed by atoms with Gasteiger partial charge in [-0.05, 0) is 99.2 Å². The monoisotopic (exact) mass is 686 g/mol. The van der Waals surface area contributed by atoms with Crippen LogP contribution in [-0.2, 0) is 40.3 Å². The van der Waals surface area contributed by atoms with Crippen LogP contribution in [0.5, 0.6) is 0 Å². The minimum Gasteiger partial charge on any atom is -0.479 e. The molecule has 3 aliphatic heterocycles. The molecule has 4 heterocycles. The summed E-state index contributed by atoms with van der Waals surface area (Å²) in [4.78, 5) is 25.6. The van der Waals surface area contributed by atoms with E-state index in [0.717, 1.165) is 98.7 Å². The second-order valence-electron chi connectivity index (χ2n) is 16.3. The summed E-state index contributed by atoms with van der Waals surface area (Å²) in [5.74, 6) is -1.20. The standard InChI is InChI=1S/C41H55FN4O4/c1-27-22-33(42)11-10-31(27)24-45-15-12-29-23-30(8-9-32(29)25-45)36-34(26-44-18-20-49-21-19-44)43-28(2)35(38(39(47)48)50-40(3,4)5)37(36)46-16-13-41(6,7)14-17-46/h8-11,22-23,38H,12-21,24-26H2,1-7H3,(H,47,48). The predicted octanol–water partition coefficient (Wildman–Crippen LogP) is 7.46. The third kappa shape index (κ3) is 8.39. The zero-order valence-corrected chi connectivity index (χ0v) is 31.1. The molecule has 2 saturated heterocycles. The number of fused-ring (bicyclic) bond motifs is 1. The Morgan fingerprint density at radius 3 is 2.36 bits per heavy atom. The molecule has 3 aliphatic rings. The maximum absolute atomic E-state index is 13.8. The number of aryl methyl sites for hydroxylation is 2. The molecule has 0 aliphatic carbocycles. The van der Waals surface area contributed by atoms with E-state index in [2.05, 4.69) is 46.7 Å². The number of anilines is 1. The van der Waals surface area contributed by atoms with Gasteiger partial charge in [0.05, 0.1) is 30.2 Å². The molecule has 0 spiro atoms. The molecule has 8 nitrogen and oxygen atoms in total. The van der Waals surface area contributed by atoms with Crippen molar-refractivity contribution in [3.63, 3.8) is 0 Å². The van der Waals surface area contributed by atoms with Gasteiger partial charge < -0.3 is 19.5 Å². The van der Waals surface area contributed by atoms with Crippen LogP contribution in [0.1, 0.15) is 92.8 Å². The molecular formula is C41H55FN4O4. The number of carboxylic acids is 1. The molecule has 0 saturated carbocycles. The van der Waals surface area contributed by atoms with E-state index in [4.69, 9.17) is 14.5 Å². The van der Waals surface area contributed by atoms with Gasteiger partial charge in [0, 0.05) is 69.2 Å². The Bertz CT molecular complexity index is 1700. The molecule has 0 radical (unpaired) electrons. The lowest BCUT2D eigenvalue weighted by Crippen LogP contribution is -2.40. The fourth-order valence-corrected chi connectivity index (χ4v) is 7.69. The Hall–Kier alpha value is -3.37. The molecule has 50 heavy (non-hydrogen) atoms. The van der Waals surface area contributed by atoms with Gasteiger partial charge in [-0.2, -0.15) is 0 Å². The quantitative estimate of drug-likeness (QED) is 0.249. The van der Waals surface area contributed by atoms with Gasteiger partial charge in [0.25, 0.3) is 0 Å². The Labute approximate surface area is 297 Å². The van der Waals surface area contributed by atoms with Gasteiger partial charge >= 0.3 is 5.97 Å². The second kappa shape index (κ2) is 14.7. The SMILES string of the molecule is Cc1cc(F)ccc1CN1CCc2cc(-c3c(CN4CCOCC4)nc(C)c(C(OC(C)(C)C)C(=O)O)c3N3CCC(C)(C)CC3)ccc2C1. The summed E-state index contributed by atoms with van der Waals surface area (Å²) in [6, 6.07) is 11.8. The Kier molecular flexibility index (Phi) is 10.7. The molecule has 1 aromatic heterocycles. The molecule has 2 fully saturated rings. The minimum absolute atomic E-state index is 0.197. The smallest absolute Gasteiger partial charge is 0.337 e. The molecule has 9 heteroatoms. The van der Waals surface area contributed by atoms with E-state index in [1.807, 2.05) is 40.7 Å². The van der Waals surface area contributed by atoms with Gasteiger partial charge in [0.1, 0.15) is 5.82 Å². The molecule has 1 unspecified atom stereocenters. The first-order chi connectivity index (χ1) is 23.7. The van der Waals surface area contributed by atoms with E-state index in [1.54, 1.807) is 12.1 Å². The van der Waals surface area contributed by atoms with Crippen molar-refractivity contribution in [1.82, 2.24) is 14.8 Å². The zero-order chi connectivity index (χ0) is 35.8. The van der Waals surface area contributed by atoms with Crippen molar-refractivity contribution in [3.8, 4) is 11.1 Å². The van der Waals surface area contributed by atoms with E-state index in [0.29, 0.717) is 31.0 Å². The number of carboxylic acid groups (broad SMARTS) is 1. The summed E-state index contributed by atoms with van der Waals surface area (Å²) in [5.41, 5.74) is 9.65. The first kappa shape index (κ1) is 36.4. The normalized spacial score (nSPS) is 19.3. The number of piperidine rings is 1. The number of nitrogens with zero attached hydrogens (tertiary/aromatic N) is 4. The van der Waals surface area contributed by atoms with Crippen LogP contribution in [-0.4, -0.2) is 77.4 Å². The number of aliphatic carboxylic acids is 1. The topological polar surface area (TPSA) is 78.4 Å². The zero-order valence-electron chi connectivity index (χ0n) is 31.1. The van der Waals surface area contributed by atoms with Crippen molar-refractivity contribution in [2.24, 2.45) is 5.41 Å². The average molecular weight is 687 g/mol. The van der Waals surface area contributed by atoms with E-state index < -0.39 is 17.7 Å². The first-order valence-electron chi connectivity index (χ1n) is 18.3. The Morgan fingerprint density at radius 2 is 1.70 bits per heavy atom.